The number of thiazole rings is 1. The highest BCUT2D eigenvalue weighted by molar-refractivity contribution is 7.22. The summed E-state index contributed by atoms with van der Waals surface area (Å²) in [6, 6.07) is 15.6. The van der Waals surface area contributed by atoms with Crippen LogP contribution in [0.3, 0.4) is 0 Å². The molecule has 3 aromatic rings. The van der Waals surface area contributed by atoms with Gasteiger partial charge in [-0.2, -0.15) is 0 Å². The molecule has 0 N–H and O–H groups in total. The first-order valence-electron chi connectivity index (χ1n) is 9.29. The molecular formula is C22H25N3O2S. The molecule has 28 heavy (non-hydrogen) atoms. The molecule has 1 amide bonds. The van der Waals surface area contributed by atoms with Gasteiger partial charge in [-0.25, -0.2) is 4.98 Å². The van der Waals surface area contributed by atoms with Crippen molar-refractivity contribution in [2.45, 2.75) is 6.92 Å². The Bertz CT molecular complexity index is 951. The number of carbonyl (C=O) groups excluding carboxylic acids is 1. The minimum absolute atomic E-state index is 0.0743. The summed E-state index contributed by atoms with van der Waals surface area (Å²) >= 11 is 1.51. The minimum atomic E-state index is -0.0743. The molecule has 0 fully saturated rings. The molecule has 0 bridgehead atoms. The maximum Gasteiger partial charge on any atom is 0.252 e. The number of rotatable bonds is 8. The summed E-state index contributed by atoms with van der Waals surface area (Å²) in [5.74, 6) is 0.745. The van der Waals surface area contributed by atoms with E-state index in [1.807, 2.05) is 75.6 Å². The first kappa shape index (κ1) is 20.0. The first-order chi connectivity index (χ1) is 13.6. The van der Waals surface area contributed by atoms with Crippen molar-refractivity contribution in [1.82, 2.24) is 9.88 Å². The van der Waals surface area contributed by atoms with Gasteiger partial charge in [-0.15, -0.1) is 0 Å². The van der Waals surface area contributed by atoms with Crippen molar-refractivity contribution in [1.29, 1.82) is 0 Å². The third-order valence-corrected chi connectivity index (χ3v) is 5.19. The lowest BCUT2D eigenvalue weighted by Gasteiger charge is -2.20. The fourth-order valence-electron chi connectivity index (χ4n) is 2.69. The van der Waals surface area contributed by atoms with Crippen LogP contribution in [0.2, 0.25) is 0 Å². The van der Waals surface area contributed by atoms with Gasteiger partial charge < -0.3 is 9.64 Å². The normalized spacial score (nSPS) is 11.4. The van der Waals surface area contributed by atoms with Gasteiger partial charge in [-0.3, -0.25) is 9.69 Å². The molecule has 0 unspecified atom stereocenters. The van der Waals surface area contributed by atoms with Gasteiger partial charge >= 0.3 is 0 Å². The van der Waals surface area contributed by atoms with Gasteiger partial charge in [0.2, 0.25) is 0 Å². The molecule has 3 rings (SSSR count). The van der Waals surface area contributed by atoms with E-state index in [1.165, 1.54) is 11.3 Å². The number of hydrogen-bond donors (Lipinski definition) is 0. The molecule has 6 heteroatoms. The molecule has 1 aromatic heterocycles. The van der Waals surface area contributed by atoms with Gasteiger partial charge in [-0.1, -0.05) is 41.7 Å². The van der Waals surface area contributed by atoms with Crippen molar-refractivity contribution in [3.05, 3.63) is 60.2 Å². The highest BCUT2D eigenvalue weighted by Gasteiger charge is 2.18. The molecule has 5 nitrogen and oxygen atoms in total. The van der Waals surface area contributed by atoms with Gasteiger partial charge in [0.05, 0.1) is 16.8 Å². The van der Waals surface area contributed by atoms with Crippen LogP contribution >= 0.6 is 11.3 Å². The highest BCUT2D eigenvalue weighted by Crippen LogP contribution is 2.31. The number of ether oxygens (including phenoxy) is 1. The van der Waals surface area contributed by atoms with Crippen LogP contribution in [0, 0.1) is 0 Å². The van der Waals surface area contributed by atoms with E-state index in [0.29, 0.717) is 18.3 Å². The summed E-state index contributed by atoms with van der Waals surface area (Å²) in [5.41, 5.74) is 1.87. The van der Waals surface area contributed by atoms with Gasteiger partial charge in [0, 0.05) is 19.2 Å². The van der Waals surface area contributed by atoms with Crippen LogP contribution in [0.15, 0.2) is 54.6 Å². The zero-order valence-electron chi connectivity index (χ0n) is 16.5. The molecule has 0 spiro atoms. The maximum atomic E-state index is 12.9. The Hall–Kier alpha value is -2.70. The third kappa shape index (κ3) is 5.18. The lowest BCUT2D eigenvalue weighted by molar-refractivity contribution is -0.114. The fraction of sp³-hybridized carbons (Fsp3) is 0.273. The first-order valence-corrected chi connectivity index (χ1v) is 10.1. The smallest absolute Gasteiger partial charge is 0.252 e. The number of benzene rings is 2. The van der Waals surface area contributed by atoms with E-state index >= 15 is 0 Å². The number of amides is 1. The summed E-state index contributed by atoms with van der Waals surface area (Å²) in [7, 11) is 3.99. The number of likely N-dealkylation sites (N-methyl/N-ethyl adjacent to an activating group) is 1. The molecule has 0 radical (unpaired) electrons. The molecule has 0 aliphatic carbocycles. The third-order valence-electron chi connectivity index (χ3n) is 4.15. The average molecular weight is 396 g/mol. The SMILES string of the molecule is CCOc1ccc2nc(N(CCN(C)C)C(=O)/C=C/c3ccccc3)sc2c1. The quantitative estimate of drug-likeness (QED) is 0.534. The Morgan fingerprint density at radius 2 is 1.93 bits per heavy atom. The summed E-state index contributed by atoms with van der Waals surface area (Å²) < 4.78 is 6.59. The molecular weight excluding hydrogens is 370 g/mol. The number of carbonyl (C=O) groups is 1. The summed E-state index contributed by atoms with van der Waals surface area (Å²) in [4.78, 5) is 21.4. The van der Waals surface area contributed by atoms with Crippen molar-refractivity contribution < 1.29 is 9.53 Å². The van der Waals surface area contributed by atoms with Gasteiger partial charge in [0.25, 0.3) is 5.91 Å². The second-order valence-corrected chi connectivity index (χ2v) is 7.61. The standard InChI is InChI=1S/C22H25N3O2S/c1-4-27-18-11-12-19-20(16-18)28-22(23-19)25(15-14-24(2)3)21(26)13-10-17-8-6-5-7-9-17/h5-13,16H,4,14-15H2,1-3H3/b13-10+. The number of anilines is 1. The Labute approximate surface area is 169 Å². The number of aromatic nitrogens is 1. The maximum absolute atomic E-state index is 12.9. The van der Waals surface area contributed by atoms with Crippen LogP contribution in [0.4, 0.5) is 5.13 Å². The topological polar surface area (TPSA) is 45.7 Å². The largest absolute Gasteiger partial charge is 0.494 e. The van der Waals surface area contributed by atoms with Crippen LogP contribution in [-0.4, -0.2) is 49.6 Å². The summed E-state index contributed by atoms with van der Waals surface area (Å²) in [6.07, 6.45) is 3.45. The van der Waals surface area contributed by atoms with E-state index in [9.17, 15) is 4.79 Å². The van der Waals surface area contributed by atoms with Crippen molar-refractivity contribution in [3.8, 4) is 5.75 Å². The molecule has 0 aliphatic rings. The van der Waals surface area contributed by atoms with Crippen molar-refractivity contribution in [3.63, 3.8) is 0 Å². The molecule has 0 aliphatic heterocycles. The van der Waals surface area contributed by atoms with E-state index in [-0.39, 0.29) is 5.91 Å². The second kappa shape index (κ2) is 9.48. The van der Waals surface area contributed by atoms with Gasteiger partial charge in [0.15, 0.2) is 5.13 Å². The van der Waals surface area contributed by atoms with Crippen molar-refractivity contribution in [2.24, 2.45) is 0 Å². The van der Waals surface area contributed by atoms with E-state index in [2.05, 4.69) is 9.88 Å². The van der Waals surface area contributed by atoms with E-state index in [0.717, 1.165) is 28.1 Å². The monoisotopic (exact) mass is 395 g/mol. The van der Waals surface area contributed by atoms with Crippen LogP contribution in [0.25, 0.3) is 16.3 Å². The van der Waals surface area contributed by atoms with E-state index in [1.54, 1.807) is 11.0 Å². The van der Waals surface area contributed by atoms with Crippen LogP contribution < -0.4 is 9.64 Å². The zero-order valence-corrected chi connectivity index (χ0v) is 17.3. The van der Waals surface area contributed by atoms with Crippen LogP contribution in [0.1, 0.15) is 12.5 Å². The van der Waals surface area contributed by atoms with Crippen molar-refractivity contribution in [2.75, 3.05) is 38.7 Å². The molecule has 2 aromatic carbocycles. The Kier molecular flexibility index (Phi) is 6.79. The van der Waals surface area contributed by atoms with Gasteiger partial charge in [0.1, 0.15) is 5.75 Å². The predicted octanol–water partition coefficient (Wildman–Crippen LogP) is 4.30. The highest BCUT2D eigenvalue weighted by atomic mass is 32.1. The lowest BCUT2D eigenvalue weighted by Crippen LogP contribution is -2.35. The molecule has 0 atom stereocenters. The van der Waals surface area contributed by atoms with Gasteiger partial charge in [-0.05, 0) is 50.9 Å². The second-order valence-electron chi connectivity index (χ2n) is 6.60. The summed E-state index contributed by atoms with van der Waals surface area (Å²) in [5, 5.41) is 0.702. The van der Waals surface area contributed by atoms with Crippen LogP contribution in [-0.2, 0) is 4.79 Å². The zero-order chi connectivity index (χ0) is 19.9. The molecule has 0 saturated heterocycles. The van der Waals surface area contributed by atoms with E-state index < -0.39 is 0 Å². The Morgan fingerprint density at radius 1 is 1.14 bits per heavy atom. The molecule has 146 valence electrons. The van der Waals surface area contributed by atoms with Crippen molar-refractivity contribution >= 4 is 38.7 Å². The number of nitrogens with zero attached hydrogens (tertiary/aromatic N) is 3. The Morgan fingerprint density at radius 3 is 2.64 bits per heavy atom. The van der Waals surface area contributed by atoms with E-state index in [4.69, 9.17) is 4.74 Å². The average Bonchev–Trinajstić information content (AvgIpc) is 3.10. The fourth-order valence-corrected chi connectivity index (χ4v) is 3.71. The predicted molar refractivity (Wildman–Crippen MR) is 117 cm³/mol. The molecule has 1 heterocycles. The van der Waals surface area contributed by atoms with Crippen LogP contribution in [0.5, 0.6) is 5.75 Å². The molecule has 0 saturated carbocycles. The Balaban J connectivity index is 1.87. The number of fused-ring (bicyclic) bond motifs is 1. The summed E-state index contributed by atoms with van der Waals surface area (Å²) in [6.45, 7) is 3.91. The minimum Gasteiger partial charge on any atom is -0.494 e. The lowest BCUT2D eigenvalue weighted by atomic mass is 10.2. The number of hydrogen-bond acceptors (Lipinski definition) is 5.